The summed E-state index contributed by atoms with van der Waals surface area (Å²) in [5.41, 5.74) is -0.516. The molecule has 1 saturated heterocycles. The van der Waals surface area contributed by atoms with Crippen LogP contribution in [0, 0.1) is 17.8 Å². The zero-order valence-electron chi connectivity index (χ0n) is 46.4. The monoisotopic (exact) mass is 1100 g/mol. The molecule has 3 rings (SSSR count). The highest BCUT2D eigenvalue weighted by Gasteiger charge is 2.42. The van der Waals surface area contributed by atoms with Crippen molar-refractivity contribution >= 4 is 82.2 Å². The van der Waals surface area contributed by atoms with E-state index >= 15 is 0 Å². The van der Waals surface area contributed by atoms with E-state index in [1.807, 2.05) is 20.8 Å². The van der Waals surface area contributed by atoms with Gasteiger partial charge >= 0.3 is 12.1 Å². The number of carbonyl (C=O) groups is 10. The normalized spacial score (nSPS) is 16.6. The molecule has 0 aromatic heterocycles. The van der Waals surface area contributed by atoms with E-state index in [1.165, 1.54) is 52.2 Å². The molecule has 0 bridgehead atoms. The number of nitrogens with zero attached hydrogens (tertiary/aromatic N) is 4. The van der Waals surface area contributed by atoms with E-state index in [4.69, 9.17) is 31.5 Å². The Bertz CT molecular complexity index is 2280. The lowest BCUT2D eigenvalue weighted by atomic mass is 9.90. The van der Waals surface area contributed by atoms with Crippen molar-refractivity contribution in [3.8, 4) is 0 Å². The van der Waals surface area contributed by atoms with Gasteiger partial charge in [0.15, 0.2) is 0 Å². The molecule has 2 heterocycles. The molecule has 6 N–H and O–H groups in total. The number of imide groups is 1. The highest BCUT2D eigenvalue weighted by molar-refractivity contribution is 7.80. The molecule has 428 valence electrons. The summed E-state index contributed by atoms with van der Waals surface area (Å²) in [6.07, 6.45) is 4.14. The number of anilines is 1. The largest absolute Gasteiger partial charge is 0.480 e. The lowest BCUT2D eigenvalue weighted by Crippen LogP contribution is -2.58. The molecule has 0 aliphatic carbocycles. The molecule has 2 aliphatic rings. The summed E-state index contributed by atoms with van der Waals surface area (Å²) >= 11 is 5.46. The summed E-state index contributed by atoms with van der Waals surface area (Å²) in [6, 6.07) is 4.62. The molecule has 7 unspecified atom stereocenters. The molecule has 1 aromatic carbocycles. The Morgan fingerprint density at radius 3 is 2.09 bits per heavy atom. The number of rotatable bonds is 31. The molecule has 1 fully saturated rings. The number of hydrogen-bond acceptors (Lipinski definition) is 14. The first-order valence-corrected chi connectivity index (χ1v) is 26.5. The Hall–Kier alpha value is -6.53. The topological polar surface area (TPSA) is 292 Å². The minimum absolute atomic E-state index is 0.0507. The van der Waals surface area contributed by atoms with E-state index < -0.39 is 78.0 Å². The van der Waals surface area contributed by atoms with Gasteiger partial charge in [-0.05, 0) is 69.1 Å². The Kier molecular flexibility index (Phi) is 26.1. The molecule has 7 atom stereocenters. The number of aliphatic carboxylic acids is 1. The average Bonchev–Trinajstić information content (AvgIpc) is 4.01. The summed E-state index contributed by atoms with van der Waals surface area (Å²) in [7, 11) is 6.00. The number of carbonyl (C=O) groups excluding carboxylic acids is 9. The van der Waals surface area contributed by atoms with E-state index in [0.717, 1.165) is 16.2 Å². The van der Waals surface area contributed by atoms with Crippen molar-refractivity contribution < 1.29 is 67.3 Å². The Morgan fingerprint density at radius 2 is 1.51 bits per heavy atom. The first-order valence-electron chi connectivity index (χ1n) is 26.1. The van der Waals surface area contributed by atoms with Gasteiger partial charge in [-0.25, -0.2) is 4.79 Å². The molecule has 0 radical (unpaired) electrons. The minimum atomic E-state index is -1.47. The average molecular weight is 1100 g/mol. The van der Waals surface area contributed by atoms with Gasteiger partial charge in [0.1, 0.15) is 24.7 Å². The SMILES string of the molecule is CCC(C)C(C(CC(=O)N1CCCC1C(OC)C(C)C(=S)NCC(=O)O)OC)N(C)C(=O)CNC(=O)C(C)(C)N(C)C(=O)OCc1ccc(NC(=O)CNC(=O)C(NC(=O)CCCCCN2C(=O)C=CC2=O)C(C)C)cc1. The standard InChI is InChI=1S/C53H81N9O14S/c1-12-33(4)47(38(74-10)27-43(67)61-26-16-17-37(61)48(75-11)34(5)50(77)55-30-45(69)70)59(8)44(68)29-56-51(72)53(6,7)60(9)52(73)76-31-35-19-21-36(22-20-35)57-40(64)28-54-49(71)46(32(2)3)58-39(63)18-14-13-15-25-62-41(65)23-24-42(62)66/h19-24,32-34,37-38,46-48H,12-18,25-31H2,1-11H3,(H,54,71)(H,55,77)(H,56,72)(H,57,64)(H,58,63)(H,69,70). The maximum atomic E-state index is 14.0. The first-order chi connectivity index (χ1) is 36.3. The highest BCUT2D eigenvalue weighted by Crippen LogP contribution is 2.30. The van der Waals surface area contributed by atoms with Crippen LogP contribution in [0.5, 0.6) is 0 Å². The van der Waals surface area contributed by atoms with Crippen LogP contribution in [0.4, 0.5) is 10.5 Å². The zero-order chi connectivity index (χ0) is 57.7. The third kappa shape index (κ3) is 19.2. The molecule has 2 aliphatic heterocycles. The quantitative estimate of drug-likeness (QED) is 0.0354. The second-order valence-corrected chi connectivity index (χ2v) is 20.8. The van der Waals surface area contributed by atoms with E-state index in [9.17, 15) is 47.9 Å². The van der Waals surface area contributed by atoms with Crippen LogP contribution < -0.4 is 26.6 Å². The number of likely N-dealkylation sites (N-methyl/N-ethyl adjacent to an activating group) is 2. The van der Waals surface area contributed by atoms with E-state index in [0.29, 0.717) is 54.9 Å². The first kappa shape index (κ1) is 64.8. The Balaban J connectivity index is 1.48. The molecule has 1 aromatic rings. The lowest BCUT2D eigenvalue weighted by Gasteiger charge is -2.39. The Labute approximate surface area is 457 Å². The third-order valence-corrected chi connectivity index (χ3v) is 14.8. The van der Waals surface area contributed by atoms with Crippen molar-refractivity contribution in [2.75, 3.05) is 66.4 Å². The predicted molar refractivity (Wildman–Crippen MR) is 289 cm³/mol. The summed E-state index contributed by atoms with van der Waals surface area (Å²) in [5.74, 6) is -5.24. The smallest absolute Gasteiger partial charge is 0.410 e. The fraction of sp³-hybridized carbons (Fsp3) is 0.642. The van der Waals surface area contributed by atoms with Crippen molar-refractivity contribution in [1.82, 2.24) is 40.9 Å². The van der Waals surface area contributed by atoms with Crippen LogP contribution in [0.25, 0.3) is 0 Å². The number of carboxylic acids is 1. The number of benzene rings is 1. The molecule has 9 amide bonds. The van der Waals surface area contributed by atoms with Crippen LogP contribution >= 0.6 is 12.2 Å². The second kappa shape index (κ2) is 31.0. The molecule has 77 heavy (non-hydrogen) atoms. The molecule has 23 nitrogen and oxygen atoms in total. The van der Waals surface area contributed by atoms with Crippen LogP contribution in [0.1, 0.15) is 105 Å². The number of amides is 9. The van der Waals surface area contributed by atoms with Gasteiger partial charge in [-0.1, -0.05) is 71.8 Å². The fourth-order valence-electron chi connectivity index (χ4n) is 9.10. The van der Waals surface area contributed by atoms with E-state index in [1.54, 1.807) is 50.1 Å². The van der Waals surface area contributed by atoms with Gasteiger partial charge in [-0.2, -0.15) is 0 Å². The minimum Gasteiger partial charge on any atom is -0.480 e. The van der Waals surface area contributed by atoms with E-state index in [-0.39, 0.29) is 80.6 Å². The summed E-state index contributed by atoms with van der Waals surface area (Å²) in [4.78, 5) is 133. The van der Waals surface area contributed by atoms with Gasteiger partial charge < -0.3 is 55.7 Å². The van der Waals surface area contributed by atoms with Gasteiger partial charge in [0, 0.05) is 71.6 Å². The maximum absolute atomic E-state index is 14.0. The van der Waals surface area contributed by atoms with Gasteiger partial charge in [0.25, 0.3) is 11.8 Å². The van der Waals surface area contributed by atoms with Crippen molar-refractivity contribution in [3.63, 3.8) is 0 Å². The van der Waals surface area contributed by atoms with Crippen molar-refractivity contribution in [2.24, 2.45) is 17.8 Å². The molecular weight excluding hydrogens is 1020 g/mol. The Morgan fingerprint density at radius 1 is 0.857 bits per heavy atom. The number of thiocarbonyl (C=S) groups is 1. The van der Waals surface area contributed by atoms with Crippen molar-refractivity contribution in [3.05, 3.63) is 42.0 Å². The second-order valence-electron chi connectivity index (χ2n) is 20.3. The maximum Gasteiger partial charge on any atom is 0.410 e. The molecule has 0 saturated carbocycles. The lowest BCUT2D eigenvalue weighted by molar-refractivity contribution is -0.144. The van der Waals surface area contributed by atoms with Gasteiger partial charge in [0.2, 0.25) is 35.4 Å². The molecule has 0 spiro atoms. The van der Waals surface area contributed by atoms with Crippen LogP contribution in [0.3, 0.4) is 0 Å². The number of unbranched alkanes of at least 4 members (excludes halogenated alkanes) is 2. The van der Waals surface area contributed by atoms with Gasteiger partial charge in [0.05, 0.1) is 48.8 Å². The van der Waals surface area contributed by atoms with Gasteiger partial charge in [-0.3, -0.25) is 53.0 Å². The van der Waals surface area contributed by atoms with Crippen LogP contribution in [-0.4, -0.2) is 186 Å². The fourth-order valence-corrected chi connectivity index (χ4v) is 9.31. The predicted octanol–water partition coefficient (Wildman–Crippen LogP) is 2.75. The van der Waals surface area contributed by atoms with E-state index in [2.05, 4.69) is 26.6 Å². The summed E-state index contributed by atoms with van der Waals surface area (Å²) in [6.45, 7) is 11.7. The number of carboxylic acid groups (broad SMARTS) is 1. The van der Waals surface area contributed by atoms with Crippen molar-refractivity contribution in [1.29, 1.82) is 0 Å². The van der Waals surface area contributed by atoms with Crippen LogP contribution in [0.15, 0.2) is 36.4 Å². The number of nitrogens with one attached hydrogen (secondary N) is 5. The third-order valence-electron chi connectivity index (χ3n) is 14.3. The highest BCUT2D eigenvalue weighted by atomic mass is 32.1. The zero-order valence-corrected chi connectivity index (χ0v) is 47.3. The summed E-state index contributed by atoms with van der Waals surface area (Å²) in [5, 5.41) is 22.5. The number of hydrogen-bond donors (Lipinski definition) is 6. The number of methoxy groups -OCH3 is 2. The molecular formula is C53H81N9O14S. The molecule has 24 heteroatoms. The van der Waals surface area contributed by atoms with Gasteiger partial charge in [-0.15, -0.1) is 0 Å². The van der Waals surface area contributed by atoms with Crippen LogP contribution in [-0.2, 0) is 64.0 Å². The summed E-state index contributed by atoms with van der Waals surface area (Å²) < 4.78 is 17.3. The van der Waals surface area contributed by atoms with Crippen molar-refractivity contribution in [2.45, 2.75) is 142 Å². The number of likely N-dealkylation sites (tertiary alicyclic amines) is 1. The number of ether oxygens (including phenoxy) is 3. The van der Waals surface area contributed by atoms with Crippen LogP contribution in [0.2, 0.25) is 0 Å².